The summed E-state index contributed by atoms with van der Waals surface area (Å²) >= 11 is 0. The molecule has 2 N–H and O–H groups in total. The highest BCUT2D eigenvalue weighted by Crippen LogP contribution is 2.16. The van der Waals surface area contributed by atoms with Crippen LogP contribution in [0, 0.1) is 12.7 Å². The van der Waals surface area contributed by atoms with E-state index in [-0.39, 0.29) is 5.82 Å². The van der Waals surface area contributed by atoms with Crippen molar-refractivity contribution in [3.8, 4) is 0 Å². The predicted octanol–water partition coefficient (Wildman–Crippen LogP) is 1.30. The van der Waals surface area contributed by atoms with Gasteiger partial charge in [-0.1, -0.05) is 12.1 Å². The molecular weight excluding hydrogens is 197 g/mol. The summed E-state index contributed by atoms with van der Waals surface area (Å²) in [7, 11) is 0. The summed E-state index contributed by atoms with van der Waals surface area (Å²) in [6.07, 6.45) is -1.23. The van der Waals surface area contributed by atoms with Crippen LogP contribution in [-0.4, -0.2) is 17.6 Å². The standard InChI is InChI=1S/C11H14FNO2/c1-3-13-11(15)10(14)8-4-5-9(12)7(2)6-8/h4-6,10,14H,3H2,1-2H3,(H,13,15). The maximum atomic E-state index is 12.9. The largest absolute Gasteiger partial charge is 0.378 e. The van der Waals surface area contributed by atoms with Crippen molar-refractivity contribution in [2.24, 2.45) is 0 Å². The molecule has 0 saturated carbocycles. The van der Waals surface area contributed by atoms with E-state index in [0.717, 1.165) is 0 Å². The summed E-state index contributed by atoms with van der Waals surface area (Å²) in [6, 6.07) is 4.12. The molecule has 0 aliphatic rings. The number of likely N-dealkylation sites (N-methyl/N-ethyl adjacent to an activating group) is 1. The van der Waals surface area contributed by atoms with E-state index in [1.807, 2.05) is 0 Å². The molecule has 1 amide bonds. The van der Waals surface area contributed by atoms with E-state index < -0.39 is 12.0 Å². The van der Waals surface area contributed by atoms with E-state index in [1.54, 1.807) is 13.8 Å². The Hall–Kier alpha value is -1.42. The average Bonchev–Trinajstić information content (AvgIpc) is 2.21. The third kappa shape index (κ3) is 2.76. The highest BCUT2D eigenvalue weighted by atomic mass is 19.1. The molecule has 0 saturated heterocycles. The number of aryl methyl sites for hydroxylation is 1. The summed E-state index contributed by atoms with van der Waals surface area (Å²) in [5, 5.41) is 12.1. The molecule has 3 nitrogen and oxygen atoms in total. The van der Waals surface area contributed by atoms with Gasteiger partial charge in [-0.2, -0.15) is 0 Å². The van der Waals surface area contributed by atoms with Crippen molar-refractivity contribution in [1.82, 2.24) is 5.32 Å². The fraction of sp³-hybridized carbons (Fsp3) is 0.364. The van der Waals surface area contributed by atoms with Crippen LogP contribution >= 0.6 is 0 Å². The minimum Gasteiger partial charge on any atom is -0.378 e. The molecule has 0 bridgehead atoms. The molecule has 1 unspecified atom stereocenters. The molecule has 0 fully saturated rings. The summed E-state index contributed by atoms with van der Waals surface area (Å²) in [5.41, 5.74) is 0.815. The van der Waals surface area contributed by atoms with Gasteiger partial charge in [-0.25, -0.2) is 4.39 Å². The molecule has 0 aliphatic heterocycles. The predicted molar refractivity (Wildman–Crippen MR) is 54.8 cm³/mol. The van der Waals surface area contributed by atoms with Gasteiger partial charge < -0.3 is 10.4 Å². The Morgan fingerprint density at radius 1 is 1.60 bits per heavy atom. The summed E-state index contributed by atoms with van der Waals surface area (Å²) in [5.74, 6) is -0.814. The molecule has 0 spiro atoms. The highest BCUT2D eigenvalue weighted by molar-refractivity contribution is 5.81. The van der Waals surface area contributed by atoms with Crippen molar-refractivity contribution in [2.45, 2.75) is 20.0 Å². The first-order chi connectivity index (χ1) is 7.06. The van der Waals surface area contributed by atoms with Crippen LogP contribution in [-0.2, 0) is 4.79 Å². The number of aliphatic hydroxyl groups is 1. The zero-order valence-electron chi connectivity index (χ0n) is 8.75. The van der Waals surface area contributed by atoms with Gasteiger partial charge in [-0.3, -0.25) is 4.79 Å². The van der Waals surface area contributed by atoms with E-state index >= 15 is 0 Å². The minimum absolute atomic E-state index is 0.346. The van der Waals surface area contributed by atoms with Crippen LogP contribution in [0.2, 0.25) is 0 Å². The van der Waals surface area contributed by atoms with Gasteiger partial charge in [-0.05, 0) is 31.0 Å². The molecule has 4 heteroatoms. The first kappa shape index (κ1) is 11.7. The SMILES string of the molecule is CCNC(=O)C(O)c1ccc(F)c(C)c1. The molecule has 1 aromatic carbocycles. The van der Waals surface area contributed by atoms with Crippen molar-refractivity contribution >= 4 is 5.91 Å². The van der Waals surface area contributed by atoms with Gasteiger partial charge in [-0.15, -0.1) is 0 Å². The Kier molecular flexibility index (Phi) is 3.80. The molecule has 0 heterocycles. The number of carbonyl (C=O) groups is 1. The van der Waals surface area contributed by atoms with Crippen LogP contribution < -0.4 is 5.32 Å². The maximum Gasteiger partial charge on any atom is 0.253 e. The molecular formula is C11H14FNO2. The van der Waals surface area contributed by atoms with Crippen LogP contribution in [0.5, 0.6) is 0 Å². The zero-order chi connectivity index (χ0) is 11.4. The Bertz CT molecular complexity index is 366. The average molecular weight is 211 g/mol. The number of hydrogen-bond donors (Lipinski definition) is 2. The van der Waals surface area contributed by atoms with Gasteiger partial charge in [0.15, 0.2) is 6.10 Å². The molecule has 1 atom stereocenters. The van der Waals surface area contributed by atoms with Gasteiger partial charge in [0.2, 0.25) is 0 Å². The quantitative estimate of drug-likeness (QED) is 0.791. The Morgan fingerprint density at radius 3 is 2.80 bits per heavy atom. The summed E-state index contributed by atoms with van der Waals surface area (Å²) in [6.45, 7) is 3.81. The van der Waals surface area contributed by atoms with Gasteiger partial charge in [0.25, 0.3) is 5.91 Å². The van der Waals surface area contributed by atoms with E-state index in [1.165, 1.54) is 18.2 Å². The zero-order valence-corrected chi connectivity index (χ0v) is 8.75. The Balaban J connectivity index is 2.86. The number of benzene rings is 1. The molecule has 15 heavy (non-hydrogen) atoms. The van der Waals surface area contributed by atoms with E-state index in [2.05, 4.69) is 5.32 Å². The van der Waals surface area contributed by atoms with Crippen LogP contribution in [0.15, 0.2) is 18.2 Å². The lowest BCUT2D eigenvalue weighted by Gasteiger charge is -2.11. The van der Waals surface area contributed by atoms with E-state index in [0.29, 0.717) is 17.7 Å². The second-order valence-electron chi connectivity index (χ2n) is 3.31. The number of halogens is 1. The van der Waals surface area contributed by atoms with Gasteiger partial charge in [0.1, 0.15) is 5.82 Å². The topological polar surface area (TPSA) is 49.3 Å². The normalized spacial score (nSPS) is 12.3. The lowest BCUT2D eigenvalue weighted by Crippen LogP contribution is -2.28. The van der Waals surface area contributed by atoms with Crippen LogP contribution in [0.3, 0.4) is 0 Å². The van der Waals surface area contributed by atoms with Crippen LogP contribution in [0.1, 0.15) is 24.2 Å². The lowest BCUT2D eigenvalue weighted by molar-refractivity contribution is -0.129. The lowest BCUT2D eigenvalue weighted by atomic mass is 10.1. The van der Waals surface area contributed by atoms with E-state index in [9.17, 15) is 14.3 Å². The van der Waals surface area contributed by atoms with Crippen molar-refractivity contribution in [2.75, 3.05) is 6.54 Å². The fourth-order valence-electron chi connectivity index (χ4n) is 1.26. The van der Waals surface area contributed by atoms with Crippen molar-refractivity contribution < 1.29 is 14.3 Å². The Morgan fingerprint density at radius 2 is 2.27 bits per heavy atom. The van der Waals surface area contributed by atoms with Crippen molar-refractivity contribution in [1.29, 1.82) is 0 Å². The van der Waals surface area contributed by atoms with Crippen LogP contribution in [0.25, 0.3) is 0 Å². The van der Waals surface area contributed by atoms with Crippen molar-refractivity contribution in [3.05, 3.63) is 35.1 Å². The number of nitrogens with one attached hydrogen (secondary N) is 1. The smallest absolute Gasteiger partial charge is 0.253 e. The number of aliphatic hydroxyl groups excluding tert-OH is 1. The fourth-order valence-corrected chi connectivity index (χ4v) is 1.26. The summed E-state index contributed by atoms with van der Waals surface area (Å²) < 4.78 is 12.9. The number of amides is 1. The number of rotatable bonds is 3. The number of carbonyl (C=O) groups excluding carboxylic acids is 1. The molecule has 82 valence electrons. The van der Waals surface area contributed by atoms with Crippen LogP contribution in [0.4, 0.5) is 4.39 Å². The first-order valence-corrected chi connectivity index (χ1v) is 4.78. The van der Waals surface area contributed by atoms with E-state index in [4.69, 9.17) is 0 Å². The molecule has 0 radical (unpaired) electrons. The number of hydrogen-bond acceptors (Lipinski definition) is 2. The second-order valence-corrected chi connectivity index (χ2v) is 3.31. The Labute approximate surface area is 87.9 Å². The molecule has 1 rings (SSSR count). The second kappa shape index (κ2) is 4.89. The third-order valence-electron chi connectivity index (χ3n) is 2.10. The maximum absolute atomic E-state index is 12.9. The minimum atomic E-state index is -1.23. The first-order valence-electron chi connectivity index (χ1n) is 4.78. The van der Waals surface area contributed by atoms with Crippen molar-refractivity contribution in [3.63, 3.8) is 0 Å². The molecule has 0 aliphatic carbocycles. The van der Waals surface area contributed by atoms with Gasteiger partial charge >= 0.3 is 0 Å². The van der Waals surface area contributed by atoms with Gasteiger partial charge in [0, 0.05) is 6.54 Å². The third-order valence-corrected chi connectivity index (χ3v) is 2.10. The highest BCUT2D eigenvalue weighted by Gasteiger charge is 2.16. The summed E-state index contributed by atoms with van der Waals surface area (Å²) in [4.78, 5) is 11.3. The monoisotopic (exact) mass is 211 g/mol. The molecule has 1 aromatic rings. The molecule has 0 aromatic heterocycles. The van der Waals surface area contributed by atoms with Gasteiger partial charge in [0.05, 0.1) is 0 Å².